The molecular weight excluding hydrogens is 394 g/mol. The van der Waals surface area contributed by atoms with Gasteiger partial charge in [0.25, 0.3) is 10.0 Å². The molecule has 2 aromatic carbocycles. The Labute approximate surface area is 168 Å². The van der Waals surface area contributed by atoms with Crippen LogP contribution in [0.3, 0.4) is 0 Å². The first-order valence-corrected chi connectivity index (χ1v) is 11.1. The van der Waals surface area contributed by atoms with Crippen molar-refractivity contribution in [1.29, 1.82) is 0 Å². The summed E-state index contributed by atoms with van der Waals surface area (Å²) < 4.78 is 56.3. The van der Waals surface area contributed by atoms with Crippen LogP contribution in [-0.2, 0) is 10.0 Å². The predicted molar refractivity (Wildman–Crippen MR) is 108 cm³/mol. The van der Waals surface area contributed by atoms with Gasteiger partial charge >= 0.3 is 0 Å². The highest BCUT2D eigenvalue weighted by Crippen LogP contribution is 2.38. The summed E-state index contributed by atoms with van der Waals surface area (Å²) in [7, 11) is -4.02. The zero-order chi connectivity index (χ0) is 20.2. The van der Waals surface area contributed by atoms with Gasteiger partial charge in [0, 0.05) is 35.8 Å². The largest absolute Gasteiger partial charge is 0.296 e. The number of hydrogen-bond acceptors (Lipinski definition) is 3. The molecule has 0 radical (unpaired) electrons. The van der Waals surface area contributed by atoms with E-state index in [1.54, 1.807) is 18.2 Å². The first-order chi connectivity index (χ1) is 13.9. The summed E-state index contributed by atoms with van der Waals surface area (Å²) in [6.07, 6.45) is 6.48. The van der Waals surface area contributed by atoms with Gasteiger partial charge in [-0.2, -0.15) is 0 Å². The molecule has 3 heterocycles. The molecule has 5 rings (SSSR count). The monoisotopic (exact) mass is 414 g/mol. The first-order valence-electron chi connectivity index (χ1n) is 9.69. The summed E-state index contributed by atoms with van der Waals surface area (Å²) in [5.41, 5.74) is 1.43. The second kappa shape index (κ2) is 6.78. The van der Waals surface area contributed by atoms with Gasteiger partial charge in [0.15, 0.2) is 5.82 Å². The lowest BCUT2D eigenvalue weighted by Crippen LogP contribution is -2.32. The van der Waals surface area contributed by atoms with Gasteiger partial charge in [-0.3, -0.25) is 4.90 Å². The normalized spacial score (nSPS) is 20.1. The third-order valence-corrected chi connectivity index (χ3v) is 7.63. The van der Waals surface area contributed by atoms with Crippen LogP contribution in [0.4, 0.5) is 8.78 Å². The minimum Gasteiger partial charge on any atom is -0.296 e. The van der Waals surface area contributed by atoms with Crippen molar-refractivity contribution < 1.29 is 17.2 Å². The van der Waals surface area contributed by atoms with E-state index in [1.165, 1.54) is 24.4 Å². The lowest BCUT2D eigenvalue weighted by Gasteiger charge is -2.29. The Morgan fingerprint density at radius 1 is 1.07 bits per heavy atom. The van der Waals surface area contributed by atoms with Gasteiger partial charge < -0.3 is 0 Å². The number of hydrogen-bond donors (Lipinski definition) is 0. The van der Waals surface area contributed by atoms with E-state index in [1.807, 2.05) is 0 Å². The molecule has 0 spiro atoms. The van der Waals surface area contributed by atoms with E-state index in [9.17, 15) is 17.2 Å². The summed E-state index contributed by atoms with van der Waals surface area (Å²) in [4.78, 5) is 2.46. The second-order valence-corrected chi connectivity index (χ2v) is 9.48. The van der Waals surface area contributed by atoms with Gasteiger partial charge in [0.05, 0.1) is 4.90 Å². The Bertz CT molecular complexity index is 1230. The van der Waals surface area contributed by atoms with Crippen LogP contribution in [0.5, 0.6) is 0 Å². The van der Waals surface area contributed by atoms with Gasteiger partial charge in [0.2, 0.25) is 0 Å². The number of nitrogens with zero attached hydrogens (tertiary/aromatic N) is 2. The van der Waals surface area contributed by atoms with Crippen molar-refractivity contribution in [2.75, 3.05) is 13.1 Å². The number of rotatable bonds is 3. The fraction of sp³-hybridized carbons (Fsp3) is 0.273. The van der Waals surface area contributed by atoms with E-state index in [0.717, 1.165) is 48.0 Å². The van der Waals surface area contributed by atoms with E-state index in [-0.39, 0.29) is 10.4 Å². The lowest BCUT2D eigenvalue weighted by atomic mass is 9.94. The maximum atomic E-state index is 14.8. The molecule has 4 nitrogen and oxygen atoms in total. The maximum Gasteiger partial charge on any atom is 0.268 e. The molecular formula is C22H20F2N2O2S. The lowest BCUT2D eigenvalue weighted by molar-refractivity contribution is 0.275. The molecule has 7 heteroatoms. The zero-order valence-corrected chi connectivity index (χ0v) is 16.5. The molecule has 29 heavy (non-hydrogen) atoms. The molecule has 1 aromatic heterocycles. The highest BCUT2D eigenvalue weighted by atomic mass is 32.2. The molecule has 0 N–H and O–H groups in total. The average Bonchev–Trinajstić information content (AvgIpc) is 3.33. The van der Waals surface area contributed by atoms with Crippen molar-refractivity contribution in [2.24, 2.45) is 0 Å². The summed E-state index contributed by atoms with van der Waals surface area (Å²) in [6.45, 7) is 1.83. The van der Waals surface area contributed by atoms with Crippen LogP contribution in [0.2, 0.25) is 0 Å². The van der Waals surface area contributed by atoms with Crippen molar-refractivity contribution >= 4 is 26.5 Å². The van der Waals surface area contributed by atoms with Crippen molar-refractivity contribution in [3.8, 4) is 0 Å². The highest BCUT2D eigenvalue weighted by Gasteiger charge is 2.31. The molecule has 2 aliphatic rings. The molecule has 0 saturated carbocycles. The average molecular weight is 414 g/mol. The van der Waals surface area contributed by atoms with Gasteiger partial charge in [-0.15, -0.1) is 0 Å². The van der Waals surface area contributed by atoms with Crippen molar-refractivity contribution in [2.45, 2.75) is 30.2 Å². The van der Waals surface area contributed by atoms with Gasteiger partial charge in [0.1, 0.15) is 11.3 Å². The van der Waals surface area contributed by atoms with Crippen LogP contribution in [0.1, 0.15) is 24.8 Å². The van der Waals surface area contributed by atoms with Crippen molar-refractivity contribution in [1.82, 2.24) is 8.87 Å². The van der Waals surface area contributed by atoms with E-state index >= 15 is 0 Å². The summed E-state index contributed by atoms with van der Waals surface area (Å²) in [5, 5.41) is 0.291. The molecule has 150 valence electrons. The Kier molecular flexibility index (Phi) is 4.33. The molecule has 3 aromatic rings. The Morgan fingerprint density at radius 2 is 1.86 bits per heavy atom. The zero-order valence-electron chi connectivity index (χ0n) is 15.7. The molecule has 0 amide bonds. The third kappa shape index (κ3) is 3.00. The number of fused-ring (bicyclic) bond motifs is 2. The van der Waals surface area contributed by atoms with Crippen LogP contribution in [0, 0.1) is 11.6 Å². The minimum absolute atomic E-state index is 0.0618. The van der Waals surface area contributed by atoms with E-state index in [0.29, 0.717) is 17.0 Å². The quantitative estimate of drug-likeness (QED) is 0.638. The molecule has 0 aliphatic carbocycles. The Balaban J connectivity index is 1.73. The Hall–Kier alpha value is -2.51. The van der Waals surface area contributed by atoms with E-state index in [4.69, 9.17) is 0 Å². The summed E-state index contributed by atoms with van der Waals surface area (Å²) in [5.74, 6) is -1.60. The highest BCUT2D eigenvalue weighted by molar-refractivity contribution is 7.90. The second-order valence-electron chi connectivity index (χ2n) is 7.66. The number of benzene rings is 2. The van der Waals surface area contributed by atoms with Gasteiger partial charge in [-0.1, -0.05) is 24.3 Å². The molecule has 2 aliphatic heterocycles. The molecule has 1 atom stereocenters. The molecule has 1 fully saturated rings. The summed E-state index contributed by atoms with van der Waals surface area (Å²) >= 11 is 0. The van der Waals surface area contributed by atoms with Crippen molar-refractivity contribution in [3.05, 3.63) is 71.9 Å². The van der Waals surface area contributed by atoms with Crippen LogP contribution < -0.4 is 0 Å². The number of halogens is 2. The fourth-order valence-electron chi connectivity index (χ4n) is 4.55. The van der Waals surface area contributed by atoms with Crippen molar-refractivity contribution in [3.63, 3.8) is 0 Å². The minimum atomic E-state index is -4.02. The fourth-order valence-corrected chi connectivity index (χ4v) is 5.95. The topological polar surface area (TPSA) is 42.3 Å². The first kappa shape index (κ1) is 18.5. The molecule has 0 unspecified atom stereocenters. The standard InChI is InChI=1S/C22H20F2N2O2S/c23-16-12-19-20(15-8-10-25-9-4-5-17(25)11-15)14-26(22(19)21(24)13-16)29(27,28)18-6-2-1-3-7-18/h1-3,6-8,12-14,17H,4-5,9-11H2/t17-/m1/s1. The Morgan fingerprint density at radius 3 is 2.66 bits per heavy atom. The van der Waals surface area contributed by atoms with Crippen LogP contribution in [0.25, 0.3) is 16.5 Å². The smallest absolute Gasteiger partial charge is 0.268 e. The van der Waals surface area contributed by atoms with Crippen LogP contribution >= 0.6 is 0 Å². The molecule has 0 bridgehead atoms. The SMILES string of the molecule is O=S(=O)(c1ccccc1)n1cc(C2=CCN3CCC[C@@H]3C2)c2cc(F)cc(F)c21. The summed E-state index contributed by atoms with van der Waals surface area (Å²) in [6, 6.07) is 10.3. The van der Waals surface area contributed by atoms with E-state index < -0.39 is 21.7 Å². The van der Waals surface area contributed by atoms with Crippen LogP contribution in [0.15, 0.2) is 59.6 Å². The van der Waals surface area contributed by atoms with Gasteiger partial charge in [-0.05, 0) is 49.6 Å². The molecule has 1 saturated heterocycles. The van der Waals surface area contributed by atoms with Crippen LogP contribution in [-0.4, -0.2) is 36.4 Å². The van der Waals surface area contributed by atoms with E-state index in [2.05, 4.69) is 11.0 Å². The number of aromatic nitrogens is 1. The van der Waals surface area contributed by atoms with Gasteiger partial charge in [-0.25, -0.2) is 21.2 Å². The predicted octanol–water partition coefficient (Wildman–Crippen LogP) is 4.41. The maximum absolute atomic E-state index is 14.8. The third-order valence-electron chi connectivity index (χ3n) is 5.96.